The zero-order valence-corrected chi connectivity index (χ0v) is 13.8. The number of hydrogen-bond donors (Lipinski definition) is 1. The van der Waals surface area contributed by atoms with E-state index in [9.17, 15) is 4.79 Å². The number of amides is 1. The van der Waals surface area contributed by atoms with E-state index in [1.807, 2.05) is 32.9 Å². The number of hydrogen-bond acceptors (Lipinski definition) is 2. The van der Waals surface area contributed by atoms with Crippen molar-refractivity contribution in [2.24, 2.45) is 0 Å². The van der Waals surface area contributed by atoms with E-state index in [2.05, 4.69) is 21.2 Å². The fraction of sp³-hybridized carbons (Fsp3) is 0.500. The van der Waals surface area contributed by atoms with Gasteiger partial charge in [0.15, 0.2) is 0 Å². The number of rotatable bonds is 4. The zero-order chi connectivity index (χ0) is 14.5. The van der Waals surface area contributed by atoms with Gasteiger partial charge in [-0.25, -0.2) is 4.79 Å². The van der Waals surface area contributed by atoms with E-state index in [0.717, 1.165) is 23.7 Å². The van der Waals surface area contributed by atoms with Gasteiger partial charge in [0, 0.05) is 5.33 Å². The van der Waals surface area contributed by atoms with Gasteiger partial charge in [0.2, 0.25) is 0 Å². The van der Waals surface area contributed by atoms with Crippen LogP contribution in [0.3, 0.4) is 0 Å². The molecule has 0 fully saturated rings. The second kappa shape index (κ2) is 7.15. The van der Waals surface area contributed by atoms with Crippen LogP contribution in [0.4, 0.5) is 10.5 Å². The van der Waals surface area contributed by atoms with Crippen molar-refractivity contribution in [3.05, 3.63) is 28.8 Å². The first kappa shape index (κ1) is 16.3. The standard InChI is InChI=1S/C14H19BrClNO2/c1-14(2,3)19-13(18)17-12-9-10(5-4-8-15)6-7-11(12)16/h6-7,9H,4-5,8H2,1-3H3,(H,17,18). The molecule has 0 saturated heterocycles. The van der Waals surface area contributed by atoms with Crippen molar-refractivity contribution in [3.63, 3.8) is 0 Å². The van der Waals surface area contributed by atoms with Gasteiger partial charge in [-0.2, -0.15) is 0 Å². The van der Waals surface area contributed by atoms with E-state index in [-0.39, 0.29) is 0 Å². The minimum atomic E-state index is -0.524. The molecule has 0 spiro atoms. The number of carbonyl (C=O) groups is 1. The molecule has 1 aromatic carbocycles. The van der Waals surface area contributed by atoms with E-state index in [0.29, 0.717) is 10.7 Å². The average Bonchev–Trinajstić information content (AvgIpc) is 2.27. The molecule has 0 aliphatic carbocycles. The van der Waals surface area contributed by atoms with Crippen molar-refractivity contribution in [2.45, 2.75) is 39.2 Å². The van der Waals surface area contributed by atoms with Crippen LogP contribution in [0, 0.1) is 0 Å². The normalized spacial score (nSPS) is 11.2. The summed E-state index contributed by atoms with van der Waals surface area (Å²) >= 11 is 9.46. The predicted octanol–water partition coefficient (Wildman–Crippen LogP) is 5.01. The highest BCUT2D eigenvalue weighted by Gasteiger charge is 2.17. The summed E-state index contributed by atoms with van der Waals surface area (Å²) in [6.45, 7) is 5.46. The molecule has 3 nitrogen and oxygen atoms in total. The lowest BCUT2D eigenvalue weighted by Gasteiger charge is -2.20. The molecule has 0 unspecified atom stereocenters. The zero-order valence-electron chi connectivity index (χ0n) is 11.4. The van der Waals surface area contributed by atoms with Crippen molar-refractivity contribution in [1.82, 2.24) is 0 Å². The highest BCUT2D eigenvalue weighted by Crippen LogP contribution is 2.24. The summed E-state index contributed by atoms with van der Waals surface area (Å²) in [6.07, 6.45) is 1.48. The third-order valence-electron chi connectivity index (χ3n) is 2.27. The second-order valence-electron chi connectivity index (χ2n) is 5.23. The maximum atomic E-state index is 11.7. The fourth-order valence-electron chi connectivity index (χ4n) is 1.51. The maximum Gasteiger partial charge on any atom is 0.412 e. The average molecular weight is 349 g/mol. The topological polar surface area (TPSA) is 38.3 Å². The Morgan fingerprint density at radius 2 is 2.11 bits per heavy atom. The van der Waals surface area contributed by atoms with Crippen molar-refractivity contribution in [1.29, 1.82) is 0 Å². The van der Waals surface area contributed by atoms with E-state index >= 15 is 0 Å². The van der Waals surface area contributed by atoms with E-state index in [4.69, 9.17) is 16.3 Å². The molecule has 0 saturated carbocycles. The first-order chi connectivity index (χ1) is 8.81. The van der Waals surface area contributed by atoms with E-state index in [1.165, 1.54) is 0 Å². The van der Waals surface area contributed by atoms with Crippen LogP contribution in [-0.2, 0) is 11.2 Å². The van der Waals surface area contributed by atoms with Gasteiger partial charge in [-0.05, 0) is 51.3 Å². The summed E-state index contributed by atoms with van der Waals surface area (Å²) in [7, 11) is 0. The van der Waals surface area contributed by atoms with Gasteiger partial charge in [0.1, 0.15) is 5.60 Å². The Morgan fingerprint density at radius 1 is 1.42 bits per heavy atom. The fourth-order valence-corrected chi connectivity index (χ4v) is 1.95. The number of anilines is 1. The third kappa shape index (κ3) is 6.30. The first-order valence-corrected chi connectivity index (χ1v) is 7.66. The van der Waals surface area contributed by atoms with Gasteiger partial charge in [-0.1, -0.05) is 33.6 Å². The largest absolute Gasteiger partial charge is 0.444 e. The summed E-state index contributed by atoms with van der Waals surface area (Å²) < 4.78 is 5.20. The first-order valence-electron chi connectivity index (χ1n) is 6.16. The number of alkyl halides is 1. The van der Waals surface area contributed by atoms with Crippen molar-refractivity contribution in [3.8, 4) is 0 Å². The lowest BCUT2D eigenvalue weighted by atomic mass is 10.1. The van der Waals surface area contributed by atoms with Gasteiger partial charge in [0.05, 0.1) is 10.7 Å². The molecule has 1 amide bonds. The summed E-state index contributed by atoms with van der Waals surface area (Å²) in [5, 5.41) is 4.14. The summed E-state index contributed by atoms with van der Waals surface area (Å²) in [4.78, 5) is 11.7. The van der Waals surface area contributed by atoms with Crippen LogP contribution in [0.25, 0.3) is 0 Å². The molecule has 0 atom stereocenters. The maximum absolute atomic E-state index is 11.7. The van der Waals surface area contributed by atoms with Gasteiger partial charge in [-0.3, -0.25) is 5.32 Å². The lowest BCUT2D eigenvalue weighted by molar-refractivity contribution is 0.0636. The van der Waals surface area contributed by atoms with Crippen LogP contribution < -0.4 is 5.32 Å². The van der Waals surface area contributed by atoms with Crippen LogP contribution in [0.2, 0.25) is 5.02 Å². The number of nitrogens with one attached hydrogen (secondary N) is 1. The molecule has 19 heavy (non-hydrogen) atoms. The lowest BCUT2D eigenvalue weighted by Crippen LogP contribution is -2.27. The molecule has 5 heteroatoms. The molecular formula is C14H19BrClNO2. The predicted molar refractivity (Wildman–Crippen MR) is 83.4 cm³/mol. The third-order valence-corrected chi connectivity index (χ3v) is 3.16. The van der Waals surface area contributed by atoms with Crippen LogP contribution in [0.1, 0.15) is 32.8 Å². The molecular weight excluding hydrogens is 330 g/mol. The molecule has 1 N–H and O–H groups in total. The van der Waals surface area contributed by atoms with Crippen LogP contribution in [-0.4, -0.2) is 17.0 Å². The summed E-state index contributed by atoms with van der Waals surface area (Å²) in [6, 6.07) is 5.64. The molecule has 1 aromatic rings. The SMILES string of the molecule is CC(C)(C)OC(=O)Nc1cc(CCCBr)ccc1Cl. The Hall–Kier alpha value is -0.740. The van der Waals surface area contributed by atoms with Gasteiger partial charge >= 0.3 is 6.09 Å². The number of halogens is 2. The van der Waals surface area contributed by atoms with Crippen molar-refractivity contribution >= 4 is 39.3 Å². The molecule has 0 aliphatic rings. The minimum absolute atomic E-state index is 0.493. The highest BCUT2D eigenvalue weighted by atomic mass is 79.9. The van der Waals surface area contributed by atoms with Gasteiger partial charge < -0.3 is 4.74 Å². The second-order valence-corrected chi connectivity index (χ2v) is 6.43. The van der Waals surface area contributed by atoms with Crippen LogP contribution >= 0.6 is 27.5 Å². The molecule has 0 aliphatic heterocycles. The van der Waals surface area contributed by atoms with Crippen LogP contribution in [0.15, 0.2) is 18.2 Å². The Bertz CT molecular complexity index is 444. The summed E-state index contributed by atoms with van der Waals surface area (Å²) in [5.41, 5.74) is 1.20. The monoisotopic (exact) mass is 347 g/mol. The Labute approximate surface area is 127 Å². The van der Waals surface area contributed by atoms with Crippen molar-refractivity contribution in [2.75, 3.05) is 10.6 Å². The molecule has 0 aromatic heterocycles. The minimum Gasteiger partial charge on any atom is -0.444 e. The van der Waals surface area contributed by atoms with Gasteiger partial charge in [0.25, 0.3) is 0 Å². The Morgan fingerprint density at radius 3 is 2.68 bits per heavy atom. The highest BCUT2D eigenvalue weighted by molar-refractivity contribution is 9.09. The Kier molecular flexibility index (Phi) is 6.14. The molecule has 0 radical (unpaired) electrons. The molecule has 106 valence electrons. The number of aryl methyl sites for hydroxylation is 1. The van der Waals surface area contributed by atoms with E-state index in [1.54, 1.807) is 6.07 Å². The van der Waals surface area contributed by atoms with Gasteiger partial charge in [-0.15, -0.1) is 0 Å². The number of ether oxygens (including phenoxy) is 1. The Balaban J connectivity index is 2.73. The molecule has 0 heterocycles. The number of carbonyl (C=O) groups excluding carboxylic acids is 1. The quantitative estimate of drug-likeness (QED) is 0.776. The summed E-state index contributed by atoms with van der Waals surface area (Å²) in [5.74, 6) is 0. The van der Waals surface area contributed by atoms with Crippen molar-refractivity contribution < 1.29 is 9.53 Å². The van der Waals surface area contributed by atoms with E-state index < -0.39 is 11.7 Å². The number of benzene rings is 1. The smallest absolute Gasteiger partial charge is 0.412 e. The molecule has 0 bridgehead atoms. The molecule has 1 rings (SSSR count). The van der Waals surface area contributed by atoms with Crippen LogP contribution in [0.5, 0.6) is 0 Å².